The fraction of sp³-hybridized carbons (Fsp3) is 0.538. The molecule has 0 saturated carbocycles. The summed E-state index contributed by atoms with van der Waals surface area (Å²) >= 11 is 0. The summed E-state index contributed by atoms with van der Waals surface area (Å²) in [6.07, 6.45) is 0. The minimum absolute atomic E-state index is 0.344. The predicted molar refractivity (Wildman–Crippen MR) is 62.9 cm³/mol. The molecule has 1 aromatic rings. The number of benzene rings is 1. The summed E-state index contributed by atoms with van der Waals surface area (Å²) in [6.45, 7) is 6.16. The molecule has 0 aliphatic carbocycles. The quantitative estimate of drug-likeness (QED) is 0.803. The molecule has 1 aromatic carbocycles. The van der Waals surface area contributed by atoms with Crippen molar-refractivity contribution in [3.8, 4) is 0 Å². The lowest BCUT2D eigenvalue weighted by Gasteiger charge is -2.25. The monoisotopic (exact) mass is 209 g/mol. The Labute approximate surface area is 91.7 Å². The molecule has 0 radical (unpaired) electrons. The molecule has 1 nitrogen and oxygen atoms in total. The first-order chi connectivity index (χ1) is 6.99. The normalized spacial score (nSPS) is 15.3. The molecule has 0 fully saturated rings. The molecule has 2 heteroatoms. The molecule has 15 heavy (non-hydrogen) atoms. The van der Waals surface area contributed by atoms with Gasteiger partial charge in [-0.3, -0.25) is 0 Å². The standard InChI is InChI=1S/C13H20FN/c1-10(2)11-7-5-6-8-12(11)13(3,14)9-15-4/h5-8,10,15H,9H2,1-4H3. The summed E-state index contributed by atoms with van der Waals surface area (Å²) < 4.78 is 14.4. The molecule has 84 valence electrons. The van der Waals surface area contributed by atoms with Gasteiger partial charge in [0.25, 0.3) is 0 Å². The van der Waals surface area contributed by atoms with Gasteiger partial charge in [-0.25, -0.2) is 4.39 Å². The van der Waals surface area contributed by atoms with Crippen molar-refractivity contribution in [3.63, 3.8) is 0 Å². The number of hydrogen-bond donors (Lipinski definition) is 1. The minimum atomic E-state index is -1.30. The van der Waals surface area contributed by atoms with Crippen LogP contribution in [-0.4, -0.2) is 13.6 Å². The summed E-state index contributed by atoms with van der Waals surface area (Å²) in [7, 11) is 1.77. The maximum atomic E-state index is 14.4. The van der Waals surface area contributed by atoms with Crippen LogP contribution in [0, 0.1) is 0 Å². The van der Waals surface area contributed by atoms with Gasteiger partial charge in [-0.1, -0.05) is 38.1 Å². The van der Waals surface area contributed by atoms with Crippen LogP contribution in [0.15, 0.2) is 24.3 Å². The van der Waals surface area contributed by atoms with Crippen LogP contribution in [0.4, 0.5) is 4.39 Å². The van der Waals surface area contributed by atoms with Gasteiger partial charge in [0.15, 0.2) is 0 Å². The maximum Gasteiger partial charge on any atom is 0.145 e. The van der Waals surface area contributed by atoms with Crippen LogP contribution < -0.4 is 5.32 Å². The van der Waals surface area contributed by atoms with Crippen molar-refractivity contribution in [2.24, 2.45) is 0 Å². The van der Waals surface area contributed by atoms with Crippen molar-refractivity contribution >= 4 is 0 Å². The van der Waals surface area contributed by atoms with E-state index in [9.17, 15) is 4.39 Å². The van der Waals surface area contributed by atoms with Crippen LogP contribution in [0.3, 0.4) is 0 Å². The van der Waals surface area contributed by atoms with Gasteiger partial charge in [0.2, 0.25) is 0 Å². The lowest BCUT2D eigenvalue weighted by Crippen LogP contribution is -2.30. The smallest absolute Gasteiger partial charge is 0.145 e. The molecule has 0 aliphatic rings. The van der Waals surface area contributed by atoms with E-state index in [1.54, 1.807) is 14.0 Å². The Morgan fingerprint density at radius 3 is 2.47 bits per heavy atom. The number of likely N-dealkylation sites (N-methyl/N-ethyl adjacent to an activating group) is 1. The molecule has 1 unspecified atom stereocenters. The van der Waals surface area contributed by atoms with E-state index in [4.69, 9.17) is 0 Å². The number of halogens is 1. The Bertz CT molecular complexity index is 318. The highest BCUT2D eigenvalue weighted by molar-refractivity contribution is 5.34. The summed E-state index contributed by atoms with van der Waals surface area (Å²) in [5, 5.41) is 2.90. The summed E-state index contributed by atoms with van der Waals surface area (Å²) in [4.78, 5) is 0. The average molecular weight is 209 g/mol. The predicted octanol–water partition coefficient (Wildman–Crippen LogP) is 3.21. The van der Waals surface area contributed by atoms with Crippen molar-refractivity contribution < 1.29 is 4.39 Å². The highest BCUT2D eigenvalue weighted by Crippen LogP contribution is 2.31. The molecule has 1 atom stereocenters. The second-order valence-electron chi connectivity index (χ2n) is 4.47. The van der Waals surface area contributed by atoms with Gasteiger partial charge in [-0.15, -0.1) is 0 Å². The summed E-state index contributed by atoms with van der Waals surface area (Å²) in [5.41, 5.74) is 0.599. The molecular formula is C13H20FN. The zero-order chi connectivity index (χ0) is 11.5. The number of alkyl halides is 1. The molecule has 0 heterocycles. The van der Waals surface area contributed by atoms with Gasteiger partial charge in [0.1, 0.15) is 5.67 Å². The third-order valence-electron chi connectivity index (χ3n) is 2.65. The number of rotatable bonds is 4. The topological polar surface area (TPSA) is 12.0 Å². The van der Waals surface area contributed by atoms with Gasteiger partial charge < -0.3 is 5.32 Å². The first-order valence-electron chi connectivity index (χ1n) is 5.42. The van der Waals surface area contributed by atoms with Crippen molar-refractivity contribution in [2.45, 2.75) is 32.4 Å². The van der Waals surface area contributed by atoms with Crippen LogP contribution in [0.25, 0.3) is 0 Å². The Morgan fingerprint density at radius 1 is 1.33 bits per heavy atom. The van der Waals surface area contributed by atoms with E-state index < -0.39 is 5.67 Å². The van der Waals surface area contributed by atoms with Crippen molar-refractivity contribution in [1.82, 2.24) is 5.32 Å². The molecule has 1 N–H and O–H groups in total. The molecule has 0 spiro atoms. The fourth-order valence-electron chi connectivity index (χ4n) is 1.90. The fourth-order valence-corrected chi connectivity index (χ4v) is 1.90. The number of hydrogen-bond acceptors (Lipinski definition) is 1. The third-order valence-corrected chi connectivity index (χ3v) is 2.65. The summed E-state index contributed by atoms with van der Waals surface area (Å²) in [5.74, 6) is 0.355. The van der Waals surface area contributed by atoms with E-state index in [1.165, 1.54) is 0 Å². The van der Waals surface area contributed by atoms with Gasteiger partial charge in [0.05, 0.1) is 0 Å². The lowest BCUT2D eigenvalue weighted by molar-refractivity contribution is 0.189. The third kappa shape index (κ3) is 2.78. The van der Waals surface area contributed by atoms with E-state index in [-0.39, 0.29) is 0 Å². The van der Waals surface area contributed by atoms with Crippen molar-refractivity contribution in [2.75, 3.05) is 13.6 Å². The lowest BCUT2D eigenvalue weighted by atomic mass is 9.88. The highest BCUT2D eigenvalue weighted by Gasteiger charge is 2.27. The Morgan fingerprint density at radius 2 is 1.93 bits per heavy atom. The Balaban J connectivity index is 3.12. The second-order valence-corrected chi connectivity index (χ2v) is 4.47. The minimum Gasteiger partial charge on any atom is -0.316 e. The number of nitrogens with one attached hydrogen (secondary N) is 1. The first-order valence-corrected chi connectivity index (χ1v) is 5.42. The zero-order valence-corrected chi connectivity index (χ0v) is 9.97. The van der Waals surface area contributed by atoms with E-state index in [1.807, 2.05) is 24.3 Å². The van der Waals surface area contributed by atoms with Gasteiger partial charge in [-0.05, 0) is 31.0 Å². The van der Waals surface area contributed by atoms with Crippen LogP contribution in [0.1, 0.15) is 37.8 Å². The van der Waals surface area contributed by atoms with E-state index in [0.717, 1.165) is 11.1 Å². The second kappa shape index (κ2) is 4.75. The zero-order valence-electron chi connectivity index (χ0n) is 9.97. The Kier molecular flexibility index (Phi) is 3.86. The van der Waals surface area contributed by atoms with Crippen molar-refractivity contribution in [3.05, 3.63) is 35.4 Å². The van der Waals surface area contributed by atoms with Crippen molar-refractivity contribution in [1.29, 1.82) is 0 Å². The van der Waals surface area contributed by atoms with Crippen LogP contribution in [0.5, 0.6) is 0 Å². The van der Waals surface area contributed by atoms with Gasteiger partial charge in [-0.2, -0.15) is 0 Å². The largest absolute Gasteiger partial charge is 0.316 e. The van der Waals surface area contributed by atoms with E-state index >= 15 is 0 Å². The Hall–Kier alpha value is -0.890. The highest BCUT2D eigenvalue weighted by atomic mass is 19.1. The van der Waals surface area contributed by atoms with E-state index in [0.29, 0.717) is 12.5 Å². The summed E-state index contributed by atoms with van der Waals surface area (Å²) in [6, 6.07) is 7.75. The molecular weight excluding hydrogens is 189 g/mol. The van der Waals surface area contributed by atoms with Gasteiger partial charge >= 0.3 is 0 Å². The van der Waals surface area contributed by atoms with Gasteiger partial charge in [0, 0.05) is 6.54 Å². The molecule has 1 rings (SSSR count). The van der Waals surface area contributed by atoms with E-state index in [2.05, 4.69) is 19.2 Å². The molecule has 0 amide bonds. The average Bonchev–Trinajstić information content (AvgIpc) is 2.17. The maximum absolute atomic E-state index is 14.4. The van der Waals surface area contributed by atoms with Crippen LogP contribution in [-0.2, 0) is 5.67 Å². The van der Waals surface area contributed by atoms with Crippen LogP contribution in [0.2, 0.25) is 0 Å². The molecule has 0 bridgehead atoms. The molecule has 0 aromatic heterocycles. The van der Waals surface area contributed by atoms with Crippen LogP contribution >= 0.6 is 0 Å². The molecule has 0 aliphatic heterocycles. The first kappa shape index (κ1) is 12.2. The SMILES string of the molecule is CNCC(C)(F)c1ccccc1C(C)C. The molecule has 0 saturated heterocycles.